The van der Waals surface area contributed by atoms with Gasteiger partial charge in [0.25, 0.3) is 5.91 Å². The number of aromatic carboxylic acids is 1. The van der Waals surface area contributed by atoms with Crippen LogP contribution < -0.4 is 14.5 Å². The summed E-state index contributed by atoms with van der Waals surface area (Å²) in [6, 6.07) is 11.2. The van der Waals surface area contributed by atoms with E-state index in [0.29, 0.717) is 34.0 Å². The highest BCUT2D eigenvalue weighted by molar-refractivity contribution is 6.34. The second-order valence-electron chi connectivity index (χ2n) is 6.19. The van der Waals surface area contributed by atoms with Crippen molar-refractivity contribution in [3.8, 4) is 17.6 Å². The van der Waals surface area contributed by atoms with Crippen LogP contribution in [0.2, 0.25) is 5.02 Å². The molecule has 9 heteroatoms. The minimum Gasteiger partial charge on any atom is -0.493 e. The Bertz CT molecular complexity index is 1130. The molecule has 0 atom stereocenters. The second kappa shape index (κ2) is 8.68. The van der Waals surface area contributed by atoms with Crippen LogP contribution in [0.4, 0.5) is 5.69 Å². The molecule has 8 nitrogen and oxygen atoms in total. The Labute approximate surface area is 177 Å². The molecule has 1 aliphatic heterocycles. The van der Waals surface area contributed by atoms with Gasteiger partial charge in [-0.2, -0.15) is 15.4 Å². The van der Waals surface area contributed by atoms with Gasteiger partial charge < -0.3 is 14.6 Å². The van der Waals surface area contributed by atoms with Gasteiger partial charge in [0.1, 0.15) is 6.07 Å². The molecule has 0 aromatic heterocycles. The third-order valence-electron chi connectivity index (χ3n) is 4.28. The lowest BCUT2D eigenvalue weighted by Gasteiger charge is -2.13. The minimum absolute atomic E-state index is 0.0696. The number of carbonyl (C=O) groups excluding carboxylic acids is 1. The van der Waals surface area contributed by atoms with Crippen molar-refractivity contribution in [1.82, 2.24) is 0 Å². The van der Waals surface area contributed by atoms with Crippen LogP contribution in [0.1, 0.15) is 22.8 Å². The number of halogens is 1. The van der Waals surface area contributed by atoms with Gasteiger partial charge in [0.05, 0.1) is 34.7 Å². The monoisotopic (exact) mass is 425 g/mol. The van der Waals surface area contributed by atoms with Gasteiger partial charge in [-0.3, -0.25) is 4.79 Å². The molecule has 1 heterocycles. The molecule has 0 saturated carbocycles. The quantitative estimate of drug-likeness (QED) is 0.705. The van der Waals surface area contributed by atoms with E-state index in [1.54, 1.807) is 31.2 Å². The van der Waals surface area contributed by atoms with Gasteiger partial charge >= 0.3 is 5.97 Å². The van der Waals surface area contributed by atoms with Crippen LogP contribution >= 0.6 is 11.6 Å². The molecule has 2 aromatic rings. The van der Waals surface area contributed by atoms with E-state index in [1.807, 2.05) is 6.07 Å². The van der Waals surface area contributed by atoms with Crippen LogP contribution in [0.15, 0.2) is 47.1 Å². The standard InChI is InChI=1S/C21H16ClN3O5/c1-12-15(9-13-3-6-18(30-8-7-23)19(10-13)29-2)20(26)25(24-12)14-4-5-17(22)16(11-14)21(27)28/h3-6,9-11H,8H2,1-2H3,(H,27,28). The summed E-state index contributed by atoms with van der Waals surface area (Å²) in [6.45, 7) is 1.56. The van der Waals surface area contributed by atoms with Gasteiger partial charge in [-0.1, -0.05) is 17.7 Å². The molecule has 0 fully saturated rings. The largest absolute Gasteiger partial charge is 0.493 e. The molecule has 0 spiro atoms. The molecule has 3 rings (SSSR count). The van der Waals surface area contributed by atoms with E-state index in [1.165, 1.54) is 25.3 Å². The van der Waals surface area contributed by atoms with Crippen molar-refractivity contribution in [2.75, 3.05) is 18.7 Å². The number of carboxylic acids is 1. The molecule has 0 bridgehead atoms. The first-order valence-corrected chi connectivity index (χ1v) is 9.06. The van der Waals surface area contributed by atoms with Gasteiger partial charge in [0.15, 0.2) is 18.1 Å². The molecular formula is C21H16ClN3O5. The summed E-state index contributed by atoms with van der Waals surface area (Å²) < 4.78 is 10.6. The van der Waals surface area contributed by atoms with Crippen LogP contribution in [0.3, 0.4) is 0 Å². The Morgan fingerprint density at radius 3 is 2.73 bits per heavy atom. The van der Waals surface area contributed by atoms with Crippen molar-refractivity contribution in [3.05, 3.63) is 58.1 Å². The van der Waals surface area contributed by atoms with E-state index in [-0.39, 0.29) is 17.2 Å². The fourth-order valence-corrected chi connectivity index (χ4v) is 3.04. The number of nitrogens with zero attached hydrogens (tertiary/aromatic N) is 3. The molecule has 0 unspecified atom stereocenters. The highest BCUT2D eigenvalue weighted by atomic mass is 35.5. The van der Waals surface area contributed by atoms with E-state index in [4.69, 9.17) is 26.3 Å². The van der Waals surface area contributed by atoms with Crippen molar-refractivity contribution in [3.63, 3.8) is 0 Å². The number of methoxy groups -OCH3 is 1. The van der Waals surface area contributed by atoms with Gasteiger partial charge in [0.2, 0.25) is 0 Å². The predicted molar refractivity (Wildman–Crippen MR) is 111 cm³/mol. The highest BCUT2D eigenvalue weighted by Gasteiger charge is 2.29. The first-order chi connectivity index (χ1) is 14.3. The average Bonchev–Trinajstić information content (AvgIpc) is 3.01. The molecule has 30 heavy (non-hydrogen) atoms. The number of benzene rings is 2. The van der Waals surface area contributed by atoms with Crippen LogP contribution in [0.25, 0.3) is 6.08 Å². The summed E-state index contributed by atoms with van der Waals surface area (Å²) in [4.78, 5) is 24.2. The van der Waals surface area contributed by atoms with E-state index in [2.05, 4.69) is 5.10 Å². The zero-order valence-electron chi connectivity index (χ0n) is 16.0. The molecule has 0 saturated heterocycles. The van der Waals surface area contributed by atoms with Gasteiger partial charge in [-0.15, -0.1) is 0 Å². The average molecular weight is 426 g/mol. The maximum atomic E-state index is 12.9. The SMILES string of the molecule is COc1cc(C=C2C(=O)N(c3ccc(Cl)c(C(=O)O)c3)N=C2C)ccc1OCC#N. The molecule has 1 aliphatic rings. The molecule has 0 aliphatic carbocycles. The van der Waals surface area contributed by atoms with Gasteiger partial charge in [-0.05, 0) is 48.9 Å². The number of carboxylic acid groups (broad SMARTS) is 1. The third-order valence-corrected chi connectivity index (χ3v) is 4.61. The number of hydrogen-bond acceptors (Lipinski definition) is 6. The number of rotatable bonds is 6. The van der Waals surface area contributed by atoms with Gasteiger partial charge in [0, 0.05) is 0 Å². The van der Waals surface area contributed by atoms with Crippen molar-refractivity contribution in [2.24, 2.45) is 5.10 Å². The van der Waals surface area contributed by atoms with Crippen molar-refractivity contribution >= 4 is 41.0 Å². The van der Waals surface area contributed by atoms with E-state index < -0.39 is 11.9 Å². The van der Waals surface area contributed by atoms with E-state index in [9.17, 15) is 14.7 Å². The fraction of sp³-hybridized carbons (Fsp3) is 0.143. The zero-order valence-corrected chi connectivity index (χ0v) is 16.8. The Kier molecular flexibility index (Phi) is 6.04. The van der Waals surface area contributed by atoms with Crippen molar-refractivity contribution in [2.45, 2.75) is 6.92 Å². The zero-order chi connectivity index (χ0) is 21.8. The van der Waals surface area contributed by atoms with Crippen LogP contribution in [-0.4, -0.2) is 36.4 Å². The Hall–Kier alpha value is -3.83. The first kappa shape index (κ1) is 20.9. The maximum Gasteiger partial charge on any atom is 0.337 e. The topological polar surface area (TPSA) is 112 Å². The summed E-state index contributed by atoms with van der Waals surface area (Å²) in [5, 5.41) is 23.4. The minimum atomic E-state index is -1.20. The number of anilines is 1. The number of hydrogen-bond donors (Lipinski definition) is 1. The highest BCUT2D eigenvalue weighted by Crippen LogP contribution is 2.31. The normalized spacial score (nSPS) is 14.5. The summed E-state index contributed by atoms with van der Waals surface area (Å²) in [6.07, 6.45) is 1.64. The molecule has 2 aromatic carbocycles. The lowest BCUT2D eigenvalue weighted by molar-refractivity contribution is -0.114. The number of carbonyl (C=O) groups is 2. The molecule has 1 amide bonds. The van der Waals surface area contributed by atoms with Crippen molar-refractivity contribution in [1.29, 1.82) is 5.26 Å². The third kappa shape index (κ3) is 4.11. The Balaban J connectivity index is 1.92. The smallest absolute Gasteiger partial charge is 0.337 e. The van der Waals surface area contributed by atoms with Crippen LogP contribution in [0, 0.1) is 11.3 Å². The maximum absolute atomic E-state index is 12.9. The predicted octanol–water partition coefficient (Wildman–Crippen LogP) is 3.76. The molecule has 1 N–H and O–H groups in total. The second-order valence-corrected chi connectivity index (χ2v) is 6.59. The summed E-state index contributed by atoms with van der Waals surface area (Å²) in [5.74, 6) is -0.778. The summed E-state index contributed by atoms with van der Waals surface area (Å²) in [7, 11) is 1.47. The number of ether oxygens (including phenoxy) is 2. The first-order valence-electron chi connectivity index (χ1n) is 8.68. The van der Waals surface area contributed by atoms with Gasteiger partial charge in [-0.25, -0.2) is 4.79 Å². The van der Waals surface area contributed by atoms with Crippen LogP contribution in [0.5, 0.6) is 11.5 Å². The number of hydrazone groups is 1. The lowest BCUT2D eigenvalue weighted by atomic mass is 10.1. The van der Waals surface area contributed by atoms with Crippen molar-refractivity contribution < 1.29 is 24.2 Å². The Morgan fingerprint density at radius 1 is 1.30 bits per heavy atom. The molecule has 152 valence electrons. The lowest BCUT2D eigenvalue weighted by Crippen LogP contribution is -2.21. The Morgan fingerprint density at radius 2 is 2.07 bits per heavy atom. The fourth-order valence-electron chi connectivity index (χ4n) is 2.84. The van der Waals surface area contributed by atoms with E-state index in [0.717, 1.165) is 5.01 Å². The summed E-state index contributed by atoms with van der Waals surface area (Å²) >= 11 is 5.90. The number of amides is 1. The molecule has 0 radical (unpaired) electrons. The number of nitriles is 1. The summed E-state index contributed by atoms with van der Waals surface area (Å²) in [5.41, 5.74) is 1.65. The molecular weight excluding hydrogens is 410 g/mol. The van der Waals surface area contributed by atoms with E-state index >= 15 is 0 Å². The van der Waals surface area contributed by atoms with Crippen LogP contribution in [-0.2, 0) is 4.79 Å².